The fourth-order valence-electron chi connectivity index (χ4n) is 3.19. The zero-order valence-electron chi connectivity index (χ0n) is 14.4. The zero-order chi connectivity index (χ0) is 16.7. The summed E-state index contributed by atoms with van der Waals surface area (Å²) >= 11 is 0. The highest BCUT2D eigenvalue weighted by atomic mass is 16.3. The number of aliphatic hydroxyl groups is 1. The van der Waals surface area contributed by atoms with Gasteiger partial charge in [0.2, 0.25) is 0 Å². The minimum atomic E-state index is 0.0156. The SMILES string of the molecule is CC(C)[C@@H](CNC(=O)N1CCC[C@@H](CO)C1)Cc1ccccc1. The summed E-state index contributed by atoms with van der Waals surface area (Å²) in [7, 11) is 0. The van der Waals surface area contributed by atoms with Crippen LogP contribution in [0.2, 0.25) is 0 Å². The van der Waals surface area contributed by atoms with Crippen molar-refractivity contribution in [3.63, 3.8) is 0 Å². The molecule has 0 aromatic heterocycles. The maximum Gasteiger partial charge on any atom is 0.317 e. The maximum atomic E-state index is 12.4. The summed E-state index contributed by atoms with van der Waals surface area (Å²) in [6, 6.07) is 10.5. The first-order valence-corrected chi connectivity index (χ1v) is 8.77. The summed E-state index contributed by atoms with van der Waals surface area (Å²) < 4.78 is 0. The van der Waals surface area contributed by atoms with Crippen LogP contribution in [-0.2, 0) is 6.42 Å². The topological polar surface area (TPSA) is 52.6 Å². The third-order valence-electron chi connectivity index (χ3n) is 4.86. The lowest BCUT2D eigenvalue weighted by molar-refractivity contribution is 0.128. The average Bonchev–Trinajstić information content (AvgIpc) is 2.59. The van der Waals surface area contributed by atoms with Gasteiger partial charge in [-0.15, -0.1) is 0 Å². The number of piperidine rings is 1. The molecule has 2 atom stereocenters. The van der Waals surface area contributed by atoms with E-state index in [1.165, 1.54) is 5.56 Å². The van der Waals surface area contributed by atoms with E-state index in [-0.39, 0.29) is 18.6 Å². The molecule has 0 saturated carbocycles. The first-order valence-electron chi connectivity index (χ1n) is 8.77. The molecule has 2 rings (SSSR count). The Morgan fingerprint density at radius 1 is 1.35 bits per heavy atom. The van der Waals surface area contributed by atoms with E-state index >= 15 is 0 Å². The van der Waals surface area contributed by atoms with Crippen molar-refractivity contribution in [3.05, 3.63) is 35.9 Å². The standard InChI is InChI=1S/C19H30N2O2/c1-15(2)18(11-16-7-4-3-5-8-16)12-20-19(23)21-10-6-9-17(13-21)14-22/h3-5,7-8,15,17-18,22H,6,9-14H2,1-2H3,(H,20,23)/t17-,18-/m1/s1. The van der Waals surface area contributed by atoms with E-state index < -0.39 is 0 Å². The monoisotopic (exact) mass is 318 g/mol. The summed E-state index contributed by atoms with van der Waals surface area (Å²) in [5.41, 5.74) is 1.32. The van der Waals surface area contributed by atoms with Crippen molar-refractivity contribution in [1.29, 1.82) is 0 Å². The highest BCUT2D eigenvalue weighted by molar-refractivity contribution is 5.74. The van der Waals surface area contributed by atoms with Crippen LogP contribution in [0.5, 0.6) is 0 Å². The van der Waals surface area contributed by atoms with E-state index in [0.29, 0.717) is 24.9 Å². The molecular weight excluding hydrogens is 288 g/mol. The van der Waals surface area contributed by atoms with Gasteiger partial charge in [-0.3, -0.25) is 0 Å². The molecule has 128 valence electrons. The molecule has 4 nitrogen and oxygen atoms in total. The molecule has 1 aliphatic rings. The van der Waals surface area contributed by atoms with Crippen LogP contribution in [0.3, 0.4) is 0 Å². The van der Waals surface area contributed by atoms with Gasteiger partial charge in [-0.05, 0) is 42.6 Å². The quantitative estimate of drug-likeness (QED) is 0.847. The Kier molecular flexibility index (Phi) is 6.90. The zero-order valence-corrected chi connectivity index (χ0v) is 14.4. The number of aliphatic hydroxyl groups excluding tert-OH is 1. The Morgan fingerprint density at radius 2 is 2.09 bits per heavy atom. The molecular formula is C19H30N2O2. The van der Waals surface area contributed by atoms with Gasteiger partial charge in [0.25, 0.3) is 0 Å². The number of amides is 2. The third kappa shape index (κ3) is 5.54. The molecule has 0 bridgehead atoms. The normalized spacial score (nSPS) is 19.7. The van der Waals surface area contributed by atoms with Crippen molar-refractivity contribution in [1.82, 2.24) is 10.2 Å². The van der Waals surface area contributed by atoms with Crippen LogP contribution in [-0.4, -0.2) is 42.3 Å². The largest absolute Gasteiger partial charge is 0.396 e. The molecule has 2 N–H and O–H groups in total. The van der Waals surface area contributed by atoms with Crippen LogP contribution >= 0.6 is 0 Å². The van der Waals surface area contributed by atoms with Gasteiger partial charge in [-0.1, -0.05) is 44.2 Å². The molecule has 0 aliphatic carbocycles. The van der Waals surface area contributed by atoms with Crippen LogP contribution in [0.15, 0.2) is 30.3 Å². The number of benzene rings is 1. The number of nitrogens with one attached hydrogen (secondary N) is 1. The summed E-state index contributed by atoms with van der Waals surface area (Å²) in [5, 5.41) is 12.4. The van der Waals surface area contributed by atoms with Gasteiger partial charge in [-0.25, -0.2) is 4.79 Å². The third-order valence-corrected chi connectivity index (χ3v) is 4.86. The second kappa shape index (κ2) is 8.92. The lowest BCUT2D eigenvalue weighted by atomic mass is 9.89. The Bertz CT molecular complexity index is 476. The first-order chi connectivity index (χ1) is 11.1. The smallest absolute Gasteiger partial charge is 0.317 e. The van der Waals surface area contributed by atoms with Crippen molar-refractivity contribution in [3.8, 4) is 0 Å². The summed E-state index contributed by atoms with van der Waals surface area (Å²) in [4.78, 5) is 14.2. The highest BCUT2D eigenvalue weighted by Gasteiger charge is 2.24. The number of nitrogens with zero attached hydrogens (tertiary/aromatic N) is 1. The van der Waals surface area contributed by atoms with Crippen molar-refractivity contribution >= 4 is 6.03 Å². The lowest BCUT2D eigenvalue weighted by Crippen LogP contribution is -2.47. The lowest BCUT2D eigenvalue weighted by Gasteiger charge is -2.32. The molecule has 1 aliphatic heterocycles. The van der Waals surface area contributed by atoms with Gasteiger partial charge in [0, 0.05) is 26.2 Å². The van der Waals surface area contributed by atoms with Gasteiger partial charge in [0.15, 0.2) is 0 Å². The Balaban J connectivity index is 1.84. The Labute approximate surface area is 139 Å². The molecule has 0 unspecified atom stereocenters. The van der Waals surface area contributed by atoms with Crippen molar-refractivity contribution in [2.24, 2.45) is 17.8 Å². The number of hydrogen-bond acceptors (Lipinski definition) is 2. The fraction of sp³-hybridized carbons (Fsp3) is 0.632. The second-order valence-electron chi connectivity index (χ2n) is 7.02. The number of rotatable bonds is 6. The van der Waals surface area contributed by atoms with Gasteiger partial charge in [-0.2, -0.15) is 0 Å². The molecule has 2 amide bonds. The minimum absolute atomic E-state index is 0.0156. The summed E-state index contributed by atoms with van der Waals surface area (Å²) in [5.74, 6) is 1.18. The van der Waals surface area contributed by atoms with Crippen LogP contribution in [0.25, 0.3) is 0 Å². The molecule has 1 heterocycles. The van der Waals surface area contributed by atoms with E-state index in [2.05, 4.69) is 43.4 Å². The second-order valence-corrected chi connectivity index (χ2v) is 7.02. The molecule has 0 radical (unpaired) electrons. The van der Waals surface area contributed by atoms with E-state index in [9.17, 15) is 9.90 Å². The Hall–Kier alpha value is -1.55. The minimum Gasteiger partial charge on any atom is -0.396 e. The van der Waals surface area contributed by atoms with Gasteiger partial charge >= 0.3 is 6.03 Å². The van der Waals surface area contributed by atoms with Gasteiger partial charge in [0.1, 0.15) is 0 Å². The molecule has 1 aromatic rings. The number of urea groups is 1. The summed E-state index contributed by atoms with van der Waals surface area (Å²) in [6.07, 6.45) is 2.98. The van der Waals surface area contributed by atoms with E-state index in [1.54, 1.807) is 0 Å². The first kappa shape index (κ1) is 17.8. The molecule has 1 saturated heterocycles. The molecule has 0 spiro atoms. The maximum absolute atomic E-state index is 12.4. The molecule has 4 heteroatoms. The fourth-order valence-corrected chi connectivity index (χ4v) is 3.19. The molecule has 1 aromatic carbocycles. The van der Waals surface area contributed by atoms with Crippen molar-refractivity contribution < 1.29 is 9.90 Å². The predicted octanol–water partition coefficient (Wildman–Crippen LogP) is 2.92. The molecule has 23 heavy (non-hydrogen) atoms. The van der Waals surface area contributed by atoms with Crippen LogP contribution in [0.1, 0.15) is 32.3 Å². The van der Waals surface area contributed by atoms with Crippen molar-refractivity contribution in [2.45, 2.75) is 33.1 Å². The highest BCUT2D eigenvalue weighted by Crippen LogP contribution is 2.18. The van der Waals surface area contributed by atoms with Crippen molar-refractivity contribution in [2.75, 3.05) is 26.2 Å². The predicted molar refractivity (Wildman–Crippen MR) is 93.3 cm³/mol. The Morgan fingerprint density at radius 3 is 2.74 bits per heavy atom. The van der Waals surface area contributed by atoms with E-state index in [4.69, 9.17) is 0 Å². The van der Waals surface area contributed by atoms with Gasteiger partial charge < -0.3 is 15.3 Å². The van der Waals surface area contributed by atoms with Gasteiger partial charge in [0.05, 0.1) is 0 Å². The molecule has 1 fully saturated rings. The van der Waals surface area contributed by atoms with E-state index in [0.717, 1.165) is 25.8 Å². The number of hydrogen-bond donors (Lipinski definition) is 2. The number of carbonyl (C=O) groups excluding carboxylic acids is 1. The van der Waals surface area contributed by atoms with Crippen LogP contribution in [0, 0.1) is 17.8 Å². The van der Waals surface area contributed by atoms with Crippen LogP contribution in [0.4, 0.5) is 4.79 Å². The average molecular weight is 318 g/mol. The number of likely N-dealkylation sites (tertiary alicyclic amines) is 1. The van der Waals surface area contributed by atoms with Crippen LogP contribution < -0.4 is 5.32 Å². The number of carbonyl (C=O) groups is 1. The van der Waals surface area contributed by atoms with E-state index in [1.807, 2.05) is 11.0 Å². The summed E-state index contributed by atoms with van der Waals surface area (Å²) in [6.45, 7) is 6.77.